The lowest BCUT2D eigenvalue weighted by atomic mass is 10.0. The molecule has 1 aliphatic heterocycles. The second kappa shape index (κ2) is 10.1. The number of piperidine rings is 1. The molecule has 1 heterocycles. The maximum Gasteiger partial charge on any atom is 0.221 e. The Morgan fingerprint density at radius 2 is 2.05 bits per heavy atom. The lowest BCUT2D eigenvalue weighted by Gasteiger charge is -2.36. The van der Waals surface area contributed by atoms with Gasteiger partial charge in [0.25, 0.3) is 0 Å². The van der Waals surface area contributed by atoms with Crippen LogP contribution in [0.1, 0.15) is 31.2 Å². The molecular formula is C16H25Cl2N3O. The average Bonchev–Trinajstić information content (AvgIpc) is 2.49. The van der Waals surface area contributed by atoms with Crippen molar-refractivity contribution in [2.24, 2.45) is 5.73 Å². The minimum atomic E-state index is 0. The first-order valence-corrected chi connectivity index (χ1v) is 8.02. The van der Waals surface area contributed by atoms with Gasteiger partial charge >= 0.3 is 0 Å². The number of rotatable bonds is 6. The molecule has 1 aliphatic rings. The molecule has 4 nitrogen and oxygen atoms in total. The van der Waals surface area contributed by atoms with Crippen LogP contribution in [0.5, 0.6) is 0 Å². The maximum absolute atomic E-state index is 11.6. The van der Waals surface area contributed by atoms with Crippen LogP contribution in [0.25, 0.3) is 0 Å². The van der Waals surface area contributed by atoms with E-state index in [9.17, 15) is 4.79 Å². The van der Waals surface area contributed by atoms with Crippen LogP contribution in [0.3, 0.4) is 0 Å². The van der Waals surface area contributed by atoms with E-state index in [-0.39, 0.29) is 18.3 Å². The summed E-state index contributed by atoms with van der Waals surface area (Å²) >= 11 is 5.93. The lowest BCUT2D eigenvalue weighted by molar-refractivity contribution is -0.121. The average molecular weight is 346 g/mol. The van der Waals surface area contributed by atoms with Crippen molar-refractivity contribution in [1.82, 2.24) is 10.2 Å². The topological polar surface area (TPSA) is 58.4 Å². The van der Waals surface area contributed by atoms with Gasteiger partial charge in [0.15, 0.2) is 0 Å². The van der Waals surface area contributed by atoms with Gasteiger partial charge in [-0.3, -0.25) is 9.69 Å². The van der Waals surface area contributed by atoms with E-state index in [2.05, 4.69) is 22.3 Å². The fraction of sp³-hybridized carbons (Fsp3) is 0.562. The number of nitrogens with two attached hydrogens (primary N) is 1. The Balaban J connectivity index is 0.00000242. The van der Waals surface area contributed by atoms with Crippen molar-refractivity contribution in [2.75, 3.05) is 19.6 Å². The van der Waals surface area contributed by atoms with Gasteiger partial charge in [-0.15, -0.1) is 12.4 Å². The molecule has 0 spiro atoms. The number of hydrogen-bond acceptors (Lipinski definition) is 3. The van der Waals surface area contributed by atoms with Crippen molar-refractivity contribution >= 4 is 29.9 Å². The highest BCUT2D eigenvalue weighted by Gasteiger charge is 2.22. The zero-order chi connectivity index (χ0) is 15.1. The van der Waals surface area contributed by atoms with E-state index in [4.69, 9.17) is 17.3 Å². The Labute approximate surface area is 143 Å². The zero-order valence-corrected chi connectivity index (χ0v) is 14.3. The number of carbonyl (C=O) groups excluding carboxylic acids is 1. The van der Waals surface area contributed by atoms with Gasteiger partial charge in [-0.05, 0) is 37.1 Å². The second-order valence-corrected chi connectivity index (χ2v) is 6.03. The summed E-state index contributed by atoms with van der Waals surface area (Å²) in [6.45, 7) is 3.12. The first-order chi connectivity index (χ1) is 10.2. The number of nitrogens with zero attached hydrogens (tertiary/aromatic N) is 1. The molecule has 1 aromatic carbocycles. The number of likely N-dealkylation sites (tertiary alicyclic amines) is 1. The van der Waals surface area contributed by atoms with Crippen LogP contribution in [0.2, 0.25) is 5.02 Å². The van der Waals surface area contributed by atoms with Gasteiger partial charge in [0.05, 0.1) is 0 Å². The quantitative estimate of drug-likeness (QED) is 0.832. The minimum absolute atomic E-state index is 0. The number of amides is 1. The van der Waals surface area contributed by atoms with Gasteiger partial charge in [0, 0.05) is 37.1 Å². The van der Waals surface area contributed by atoms with Crippen LogP contribution in [-0.4, -0.2) is 36.5 Å². The van der Waals surface area contributed by atoms with E-state index in [0.717, 1.165) is 24.5 Å². The van der Waals surface area contributed by atoms with Crippen LogP contribution in [0.15, 0.2) is 24.3 Å². The molecule has 1 aromatic rings. The molecule has 6 heteroatoms. The molecule has 1 atom stereocenters. The van der Waals surface area contributed by atoms with E-state index < -0.39 is 0 Å². The highest BCUT2D eigenvalue weighted by Crippen LogP contribution is 2.20. The summed E-state index contributed by atoms with van der Waals surface area (Å²) in [6.07, 6.45) is 4.00. The summed E-state index contributed by atoms with van der Waals surface area (Å²) in [4.78, 5) is 14.0. The number of benzene rings is 1. The molecule has 1 saturated heterocycles. The number of hydrogen-bond donors (Lipinski definition) is 2. The molecule has 0 saturated carbocycles. The van der Waals surface area contributed by atoms with Crippen LogP contribution in [-0.2, 0) is 11.3 Å². The van der Waals surface area contributed by atoms with Crippen molar-refractivity contribution in [3.8, 4) is 0 Å². The second-order valence-electron chi connectivity index (χ2n) is 5.59. The van der Waals surface area contributed by atoms with Gasteiger partial charge in [-0.25, -0.2) is 0 Å². The first kappa shape index (κ1) is 19.2. The molecule has 0 aromatic heterocycles. The van der Waals surface area contributed by atoms with Crippen molar-refractivity contribution in [1.29, 1.82) is 0 Å². The van der Waals surface area contributed by atoms with E-state index >= 15 is 0 Å². The van der Waals surface area contributed by atoms with E-state index in [1.807, 2.05) is 12.1 Å². The summed E-state index contributed by atoms with van der Waals surface area (Å²) in [5.74, 6) is 0.0505. The van der Waals surface area contributed by atoms with Crippen LogP contribution < -0.4 is 11.1 Å². The largest absolute Gasteiger partial charge is 0.354 e. The monoisotopic (exact) mass is 345 g/mol. The Morgan fingerprint density at radius 3 is 2.73 bits per heavy atom. The van der Waals surface area contributed by atoms with E-state index in [1.165, 1.54) is 18.4 Å². The smallest absolute Gasteiger partial charge is 0.221 e. The molecule has 3 N–H and O–H groups in total. The molecule has 1 fully saturated rings. The summed E-state index contributed by atoms with van der Waals surface area (Å²) in [5, 5.41) is 3.76. The fourth-order valence-electron chi connectivity index (χ4n) is 2.77. The van der Waals surface area contributed by atoms with Crippen LogP contribution in [0, 0.1) is 0 Å². The van der Waals surface area contributed by atoms with Crippen LogP contribution in [0.4, 0.5) is 0 Å². The molecule has 124 valence electrons. The molecule has 2 rings (SSSR count). The Morgan fingerprint density at radius 1 is 1.32 bits per heavy atom. The molecule has 1 amide bonds. The number of carbonyl (C=O) groups is 1. The number of halogens is 2. The molecule has 1 unspecified atom stereocenters. The molecule has 22 heavy (non-hydrogen) atoms. The fourth-order valence-corrected chi connectivity index (χ4v) is 2.90. The third-order valence-electron chi connectivity index (χ3n) is 3.95. The molecular weight excluding hydrogens is 321 g/mol. The predicted octanol–water partition coefficient (Wildman–Crippen LogP) is 2.58. The molecule has 0 bridgehead atoms. The zero-order valence-electron chi connectivity index (χ0n) is 12.8. The van der Waals surface area contributed by atoms with Gasteiger partial charge in [-0.2, -0.15) is 0 Å². The normalized spacial score (nSPS) is 18.5. The molecule has 0 aliphatic carbocycles. The van der Waals surface area contributed by atoms with Gasteiger partial charge in [-0.1, -0.05) is 30.2 Å². The predicted molar refractivity (Wildman–Crippen MR) is 93.4 cm³/mol. The Bertz CT molecular complexity index is 453. The van der Waals surface area contributed by atoms with Crippen molar-refractivity contribution in [3.63, 3.8) is 0 Å². The van der Waals surface area contributed by atoms with Crippen molar-refractivity contribution in [2.45, 2.75) is 38.3 Å². The van der Waals surface area contributed by atoms with Crippen molar-refractivity contribution in [3.05, 3.63) is 34.9 Å². The first-order valence-electron chi connectivity index (χ1n) is 7.64. The molecule has 0 radical (unpaired) electrons. The summed E-state index contributed by atoms with van der Waals surface area (Å²) < 4.78 is 0. The lowest BCUT2D eigenvalue weighted by Crippen LogP contribution is -2.46. The minimum Gasteiger partial charge on any atom is -0.354 e. The summed E-state index contributed by atoms with van der Waals surface area (Å²) in [6, 6.07) is 8.41. The SMILES string of the molecule is Cl.NCCC(=O)NCC1CCCCN1Cc1ccc(Cl)cc1. The number of nitrogens with one attached hydrogen (secondary N) is 1. The van der Waals surface area contributed by atoms with Gasteiger partial charge in [0.2, 0.25) is 5.91 Å². The Kier molecular flexibility index (Phi) is 8.79. The highest BCUT2D eigenvalue weighted by atomic mass is 35.5. The summed E-state index contributed by atoms with van der Waals surface area (Å²) in [5.41, 5.74) is 6.66. The maximum atomic E-state index is 11.6. The van der Waals surface area contributed by atoms with E-state index in [0.29, 0.717) is 25.6 Å². The highest BCUT2D eigenvalue weighted by molar-refractivity contribution is 6.30. The Hall–Kier alpha value is -0.810. The van der Waals surface area contributed by atoms with Crippen molar-refractivity contribution < 1.29 is 4.79 Å². The summed E-state index contributed by atoms with van der Waals surface area (Å²) in [7, 11) is 0. The standard InChI is InChI=1S/C16H24ClN3O.ClH/c17-14-6-4-13(5-7-14)12-20-10-2-1-3-15(20)11-19-16(21)8-9-18;/h4-7,15H,1-3,8-12,18H2,(H,19,21);1H. The van der Waals surface area contributed by atoms with Crippen LogP contribution >= 0.6 is 24.0 Å². The van der Waals surface area contributed by atoms with Gasteiger partial charge in [0.1, 0.15) is 0 Å². The van der Waals surface area contributed by atoms with E-state index in [1.54, 1.807) is 0 Å². The van der Waals surface area contributed by atoms with Gasteiger partial charge < -0.3 is 11.1 Å². The third-order valence-corrected chi connectivity index (χ3v) is 4.21. The third kappa shape index (κ3) is 6.13.